The van der Waals surface area contributed by atoms with Gasteiger partial charge >= 0.3 is 11.9 Å². The molecule has 9 aromatic rings. The van der Waals surface area contributed by atoms with E-state index in [1.807, 2.05) is 55.4 Å². The first-order valence-corrected chi connectivity index (χ1v) is 35.8. The highest BCUT2D eigenvalue weighted by Crippen LogP contribution is 2.58. The minimum atomic E-state index is -1.48. The number of hydrogen-bond acceptors (Lipinski definition) is 18. The van der Waals surface area contributed by atoms with E-state index in [-0.39, 0.29) is 235 Å². The summed E-state index contributed by atoms with van der Waals surface area (Å²) in [4.78, 5) is 136. The van der Waals surface area contributed by atoms with Crippen LogP contribution in [0, 0.1) is 59.5 Å². The van der Waals surface area contributed by atoms with Crippen LogP contribution in [-0.4, -0.2) is 144 Å². The molecule has 0 radical (unpaired) electrons. The van der Waals surface area contributed by atoms with Gasteiger partial charge < -0.3 is 47.7 Å². The third-order valence-electron chi connectivity index (χ3n) is 19.0. The topological polar surface area (TPSA) is 286 Å². The number of rotatable bonds is 30. The van der Waals surface area contributed by atoms with Crippen LogP contribution in [0.25, 0.3) is 52.8 Å². The number of nitriles is 2. The lowest BCUT2D eigenvalue weighted by molar-refractivity contribution is -0.147. The van der Waals surface area contributed by atoms with E-state index in [0.717, 1.165) is 9.80 Å². The van der Waals surface area contributed by atoms with E-state index < -0.39 is 59.5 Å². The Morgan fingerprint density at radius 1 is 0.454 bits per heavy atom. The van der Waals surface area contributed by atoms with E-state index in [1.54, 1.807) is 24.3 Å². The summed E-state index contributed by atoms with van der Waals surface area (Å²) in [6.07, 6.45) is -0.897. The van der Waals surface area contributed by atoms with Gasteiger partial charge in [-0.3, -0.25) is 48.2 Å². The fraction of sp³-hybridized carbons (Fsp3) is 0.333. The first-order chi connectivity index (χ1) is 51.9. The van der Waals surface area contributed by atoms with Gasteiger partial charge in [-0.2, -0.15) is 10.5 Å². The molecule has 4 unspecified atom stereocenters. The van der Waals surface area contributed by atoms with E-state index in [2.05, 4.69) is 21.8 Å². The number of amides is 6. The first kappa shape index (κ1) is 73.8. The van der Waals surface area contributed by atoms with Crippen molar-refractivity contribution in [3.63, 3.8) is 0 Å². The van der Waals surface area contributed by atoms with E-state index in [9.17, 15) is 20.1 Å². The Labute approximate surface area is 622 Å². The van der Waals surface area contributed by atoms with Crippen molar-refractivity contribution in [2.75, 3.05) is 52.6 Å². The average molecular weight is 1450 g/mol. The molecule has 0 bridgehead atoms. The molecular formula is C84H76N8O16. The van der Waals surface area contributed by atoms with Crippen LogP contribution in [0.3, 0.4) is 0 Å². The molecule has 0 spiro atoms. The summed E-state index contributed by atoms with van der Waals surface area (Å²) in [5.41, 5.74) is 0.511. The number of esters is 2. The number of hydrogen-bond donors (Lipinski definition) is 0. The van der Waals surface area contributed by atoms with Crippen molar-refractivity contribution in [2.45, 2.75) is 105 Å². The lowest BCUT2D eigenvalue weighted by Gasteiger charge is -2.38. The van der Waals surface area contributed by atoms with Gasteiger partial charge in [0.15, 0.2) is 11.4 Å². The van der Waals surface area contributed by atoms with Gasteiger partial charge in [-0.25, -0.2) is 9.69 Å². The van der Waals surface area contributed by atoms with Crippen molar-refractivity contribution in [3.05, 3.63) is 178 Å². The summed E-state index contributed by atoms with van der Waals surface area (Å²) >= 11 is 0. The maximum absolute atomic E-state index is 16.5. The molecule has 0 aromatic heterocycles. The van der Waals surface area contributed by atoms with Gasteiger partial charge in [0, 0.05) is 69.3 Å². The highest BCUT2D eigenvalue weighted by atomic mass is 16.6. The van der Waals surface area contributed by atoms with Gasteiger partial charge in [-0.05, 0) is 134 Å². The number of fused-ring (bicyclic) bond motifs is 2. The molecule has 4 atom stereocenters. The Morgan fingerprint density at radius 2 is 0.741 bits per heavy atom. The third-order valence-corrected chi connectivity index (χ3v) is 19.0. The molecule has 4 heterocycles. The van der Waals surface area contributed by atoms with Gasteiger partial charge in [-0.1, -0.05) is 79.7 Å². The predicted octanol–water partition coefficient (Wildman–Crippen LogP) is 15.4. The molecule has 108 heavy (non-hydrogen) atoms. The summed E-state index contributed by atoms with van der Waals surface area (Å²) in [5, 5.41) is 20.8. The van der Waals surface area contributed by atoms with Crippen molar-refractivity contribution in [1.29, 1.82) is 10.5 Å². The van der Waals surface area contributed by atoms with E-state index >= 15 is 28.8 Å². The van der Waals surface area contributed by atoms with Crippen LogP contribution >= 0.6 is 0 Å². The van der Waals surface area contributed by atoms with Crippen LogP contribution in [0.5, 0.6) is 46.0 Å². The quantitative estimate of drug-likeness (QED) is 0.0101. The summed E-state index contributed by atoms with van der Waals surface area (Å²) in [6, 6.07) is 31.6. The van der Waals surface area contributed by atoms with Crippen LogP contribution < -0.4 is 18.9 Å². The molecule has 24 heteroatoms. The Balaban J connectivity index is 1.13. The van der Waals surface area contributed by atoms with Gasteiger partial charge in [0.2, 0.25) is 11.8 Å². The molecule has 548 valence electrons. The Morgan fingerprint density at radius 3 is 0.991 bits per heavy atom. The highest BCUT2D eigenvalue weighted by Gasteiger charge is 2.48. The average Bonchev–Trinajstić information content (AvgIpc) is 1.23. The van der Waals surface area contributed by atoms with Crippen molar-refractivity contribution >= 4 is 102 Å². The van der Waals surface area contributed by atoms with Gasteiger partial charge in [0.1, 0.15) is 83.5 Å². The second kappa shape index (κ2) is 30.9. The minimum absolute atomic E-state index is 0.0338. The summed E-state index contributed by atoms with van der Waals surface area (Å²) in [6.45, 7) is 31.7. The zero-order chi connectivity index (χ0) is 76.5. The molecular weight excluding hydrogens is 1380 g/mol. The van der Waals surface area contributed by atoms with E-state index in [4.69, 9.17) is 51.0 Å². The molecule has 13 rings (SSSR count). The van der Waals surface area contributed by atoms with Crippen LogP contribution in [-0.2, 0) is 38.1 Å². The standard InChI is InChI=1S/C84H76N8O16/c1-45(2)31-63(83(99)89(39-47(5)6)29-27-69(93)103-43-57-41-101-57)91-79(95)59-33-65(105-53-19-11-49(37-85)12-20-53)73-74-66(106-54-21-13-50(38-86)14-22-54)34-60-72-62(82(98)92(80(60)96)64(32-46(3)4)84(100)90(40-48(7)8)30-28-70(94)104-44-58-42-102-58)36-68(108-56-25-17-52(88-10)18-26-56)76(78(72)74)75-67(35-61(81(91)97)71(59)77(73)75)107-55-23-15-51(87-9)16-24-55/h11-26,33-36,45-48,57-58,63-64H,27-32,39-44H2,1-8H3. The van der Waals surface area contributed by atoms with Crippen molar-refractivity contribution < 1.29 is 76.3 Å². The molecule has 4 aliphatic heterocycles. The van der Waals surface area contributed by atoms with Crippen molar-refractivity contribution in [1.82, 2.24) is 19.6 Å². The van der Waals surface area contributed by atoms with Crippen LogP contribution in [0.1, 0.15) is 134 Å². The van der Waals surface area contributed by atoms with E-state index in [0.29, 0.717) is 13.2 Å². The van der Waals surface area contributed by atoms with Crippen molar-refractivity contribution in [2.24, 2.45) is 23.7 Å². The molecule has 2 fully saturated rings. The van der Waals surface area contributed by atoms with Gasteiger partial charge in [-0.15, -0.1) is 0 Å². The van der Waals surface area contributed by atoms with Gasteiger partial charge in [0.25, 0.3) is 23.6 Å². The number of nitrogens with zero attached hydrogens (tertiary/aromatic N) is 8. The second-order valence-corrected chi connectivity index (χ2v) is 29.0. The number of carbonyl (C=O) groups is 8. The first-order valence-electron chi connectivity index (χ1n) is 35.8. The van der Waals surface area contributed by atoms with Gasteiger partial charge in [0.05, 0.1) is 84.7 Å². The minimum Gasteiger partial charge on any atom is -0.463 e. The predicted molar refractivity (Wildman–Crippen MR) is 397 cm³/mol. The molecule has 24 nitrogen and oxygen atoms in total. The number of epoxide rings is 2. The van der Waals surface area contributed by atoms with Crippen LogP contribution in [0.15, 0.2) is 121 Å². The largest absolute Gasteiger partial charge is 0.463 e. The molecule has 0 aliphatic carbocycles. The number of benzene rings is 9. The number of carbonyl (C=O) groups excluding carboxylic acids is 8. The molecule has 9 aromatic carbocycles. The van der Waals surface area contributed by atoms with Crippen molar-refractivity contribution in [3.8, 4) is 58.1 Å². The molecule has 0 N–H and O–H groups in total. The van der Waals surface area contributed by atoms with Crippen LogP contribution in [0.2, 0.25) is 0 Å². The fourth-order valence-electron chi connectivity index (χ4n) is 14.0. The lowest BCUT2D eigenvalue weighted by atomic mass is 9.80. The Bertz CT molecular complexity index is 4720. The smallest absolute Gasteiger partial charge is 0.307 e. The maximum atomic E-state index is 16.5. The molecule has 6 amide bonds. The SMILES string of the molecule is [C-]#[N+]c1ccc(Oc2cc3c4c(cc(Oc5ccc(C#N)cc5)c5c6c(Oc7ccc(C#N)cc7)cc7c8c(cc(Oc9ccc([N+]#[C-])cc9)c(c2c45)c86)C(=O)N(C(CC(C)C)C(=O)N(CCC(=O)OCC2CO2)CC(C)C)C7=O)C(=O)N(C(CC(C)C)C(=O)N(CCC(=O)OCC2CO2)CC(C)C)C3=O)cc1. The fourth-order valence-corrected chi connectivity index (χ4v) is 14.0. The lowest BCUT2D eigenvalue weighted by Crippen LogP contribution is -2.55. The molecule has 0 saturated carbocycles. The van der Waals surface area contributed by atoms with E-state index in [1.165, 1.54) is 107 Å². The normalized spacial score (nSPS) is 15.5. The zero-order valence-corrected chi connectivity index (χ0v) is 60.8. The summed E-state index contributed by atoms with van der Waals surface area (Å²) in [7, 11) is 0. The Kier molecular flexibility index (Phi) is 21.1. The number of ether oxygens (including phenoxy) is 8. The maximum Gasteiger partial charge on any atom is 0.307 e. The van der Waals surface area contributed by atoms with Crippen LogP contribution in [0.4, 0.5) is 11.4 Å². The molecule has 4 aliphatic rings. The number of imide groups is 2. The zero-order valence-electron chi connectivity index (χ0n) is 60.8. The molecule has 2 saturated heterocycles. The highest BCUT2D eigenvalue weighted by molar-refractivity contribution is 6.45. The monoisotopic (exact) mass is 1450 g/mol. The summed E-state index contributed by atoms with van der Waals surface area (Å²) < 4.78 is 49.9. The second-order valence-electron chi connectivity index (χ2n) is 29.0. The third kappa shape index (κ3) is 15.2. The Hall–Kier alpha value is -12.5. The summed E-state index contributed by atoms with van der Waals surface area (Å²) in [5.74, 6) is -6.80.